The van der Waals surface area contributed by atoms with Gasteiger partial charge in [-0.1, -0.05) is 18.7 Å². The molecule has 28 heavy (non-hydrogen) atoms. The predicted molar refractivity (Wildman–Crippen MR) is 108 cm³/mol. The molecular formula is C22H24N2O4. The minimum Gasteiger partial charge on any atom is -0.497 e. The minimum absolute atomic E-state index is 0.0315. The Morgan fingerprint density at radius 1 is 1.21 bits per heavy atom. The zero-order chi connectivity index (χ0) is 20.1. The molecule has 146 valence electrons. The number of methoxy groups -OCH3 is 1. The number of benzene rings is 2. The average Bonchev–Trinajstić information content (AvgIpc) is 2.73. The lowest BCUT2D eigenvalue weighted by molar-refractivity contribution is -0.121. The van der Waals surface area contributed by atoms with Crippen molar-refractivity contribution in [3.8, 4) is 11.5 Å². The molecule has 2 aromatic carbocycles. The van der Waals surface area contributed by atoms with Gasteiger partial charge in [0, 0.05) is 23.8 Å². The lowest BCUT2D eigenvalue weighted by atomic mass is 10.1. The Kier molecular flexibility index (Phi) is 5.99. The van der Waals surface area contributed by atoms with Crippen molar-refractivity contribution in [2.75, 3.05) is 31.7 Å². The second kappa shape index (κ2) is 8.61. The van der Waals surface area contributed by atoms with Gasteiger partial charge in [-0.05, 0) is 49.4 Å². The van der Waals surface area contributed by atoms with Crippen LogP contribution in [-0.4, -0.2) is 49.6 Å². The highest BCUT2D eigenvalue weighted by Gasteiger charge is 2.33. The molecule has 6 nitrogen and oxygen atoms in total. The van der Waals surface area contributed by atoms with Crippen molar-refractivity contribution in [3.63, 3.8) is 0 Å². The van der Waals surface area contributed by atoms with Crippen LogP contribution in [0.2, 0.25) is 0 Å². The van der Waals surface area contributed by atoms with Crippen LogP contribution >= 0.6 is 0 Å². The molecule has 1 fully saturated rings. The second-order valence-electron chi connectivity index (χ2n) is 6.61. The molecule has 6 heteroatoms. The molecule has 0 radical (unpaired) electrons. The van der Waals surface area contributed by atoms with E-state index in [9.17, 15) is 9.59 Å². The van der Waals surface area contributed by atoms with Crippen molar-refractivity contribution in [3.05, 3.63) is 66.7 Å². The van der Waals surface area contributed by atoms with Crippen LogP contribution in [0.5, 0.6) is 11.5 Å². The molecule has 3 rings (SSSR count). The Hall–Kier alpha value is -3.28. The van der Waals surface area contributed by atoms with E-state index in [-0.39, 0.29) is 24.4 Å². The van der Waals surface area contributed by atoms with Crippen molar-refractivity contribution in [1.29, 1.82) is 0 Å². The van der Waals surface area contributed by atoms with E-state index in [0.29, 0.717) is 24.5 Å². The normalized spacial score (nSPS) is 16.6. The van der Waals surface area contributed by atoms with Crippen molar-refractivity contribution in [2.45, 2.75) is 13.0 Å². The summed E-state index contributed by atoms with van der Waals surface area (Å²) in [5, 5.41) is 0. The van der Waals surface area contributed by atoms with Gasteiger partial charge in [0.15, 0.2) is 0 Å². The van der Waals surface area contributed by atoms with E-state index >= 15 is 0 Å². The van der Waals surface area contributed by atoms with Gasteiger partial charge in [-0.2, -0.15) is 0 Å². The molecule has 2 amide bonds. The zero-order valence-electron chi connectivity index (χ0n) is 16.1. The van der Waals surface area contributed by atoms with Crippen LogP contribution in [0, 0.1) is 0 Å². The summed E-state index contributed by atoms with van der Waals surface area (Å²) in [5.74, 6) is 1.04. The topological polar surface area (TPSA) is 59.1 Å². The first kappa shape index (κ1) is 19.5. The molecule has 1 atom stereocenters. The summed E-state index contributed by atoms with van der Waals surface area (Å²) in [4.78, 5) is 29.0. The standard InChI is InChI=1S/C22H24N2O4/c1-4-12-28-20-7-5-6-17(13-20)22(26)23-15-21(25)24(14-16(23)2)18-8-10-19(27-3)11-9-18/h4-11,13,16H,1,12,14-15H2,2-3H3. The van der Waals surface area contributed by atoms with Gasteiger partial charge >= 0.3 is 0 Å². The number of hydrogen-bond donors (Lipinski definition) is 0. The molecule has 0 bridgehead atoms. The lowest BCUT2D eigenvalue weighted by Crippen LogP contribution is -2.57. The predicted octanol–water partition coefficient (Wildman–Crippen LogP) is 3.14. The van der Waals surface area contributed by atoms with Crippen LogP contribution in [0.4, 0.5) is 5.69 Å². The zero-order valence-corrected chi connectivity index (χ0v) is 16.1. The quantitative estimate of drug-likeness (QED) is 0.723. The number of amides is 2. The van der Waals surface area contributed by atoms with Gasteiger partial charge in [-0.15, -0.1) is 0 Å². The first-order chi connectivity index (χ1) is 13.5. The Bertz CT molecular complexity index is 863. The Morgan fingerprint density at radius 3 is 2.64 bits per heavy atom. The van der Waals surface area contributed by atoms with E-state index in [2.05, 4.69) is 6.58 Å². The van der Waals surface area contributed by atoms with Crippen LogP contribution in [0.25, 0.3) is 0 Å². The van der Waals surface area contributed by atoms with Crippen LogP contribution in [-0.2, 0) is 4.79 Å². The molecule has 1 aliphatic rings. The van der Waals surface area contributed by atoms with Gasteiger partial charge in [0.25, 0.3) is 5.91 Å². The number of hydrogen-bond acceptors (Lipinski definition) is 4. The monoisotopic (exact) mass is 380 g/mol. The van der Waals surface area contributed by atoms with E-state index < -0.39 is 0 Å². The fourth-order valence-corrected chi connectivity index (χ4v) is 3.17. The van der Waals surface area contributed by atoms with E-state index in [1.54, 1.807) is 47.3 Å². The van der Waals surface area contributed by atoms with Crippen LogP contribution < -0.4 is 14.4 Å². The fourth-order valence-electron chi connectivity index (χ4n) is 3.17. The molecule has 0 aliphatic carbocycles. The molecule has 0 aromatic heterocycles. The lowest BCUT2D eigenvalue weighted by Gasteiger charge is -2.39. The highest BCUT2D eigenvalue weighted by atomic mass is 16.5. The minimum atomic E-state index is -0.181. The maximum Gasteiger partial charge on any atom is 0.254 e. The first-order valence-corrected chi connectivity index (χ1v) is 9.12. The number of carbonyl (C=O) groups is 2. The summed E-state index contributed by atoms with van der Waals surface area (Å²) >= 11 is 0. The summed E-state index contributed by atoms with van der Waals surface area (Å²) in [6.45, 7) is 6.39. The smallest absolute Gasteiger partial charge is 0.254 e. The second-order valence-corrected chi connectivity index (χ2v) is 6.61. The summed E-state index contributed by atoms with van der Waals surface area (Å²) < 4.78 is 10.7. The highest BCUT2D eigenvalue weighted by Crippen LogP contribution is 2.24. The number of rotatable bonds is 6. The number of anilines is 1. The fraction of sp³-hybridized carbons (Fsp3) is 0.273. The van der Waals surface area contributed by atoms with Crippen molar-refractivity contribution >= 4 is 17.5 Å². The maximum atomic E-state index is 13.0. The SMILES string of the molecule is C=CCOc1cccc(C(=O)N2CC(=O)N(c3ccc(OC)cc3)CC2C)c1. The molecule has 1 unspecified atom stereocenters. The largest absolute Gasteiger partial charge is 0.497 e. The third-order valence-corrected chi connectivity index (χ3v) is 4.68. The number of ether oxygens (including phenoxy) is 2. The summed E-state index contributed by atoms with van der Waals surface area (Å²) in [6.07, 6.45) is 1.65. The number of carbonyl (C=O) groups excluding carboxylic acids is 2. The molecule has 1 aliphatic heterocycles. The van der Waals surface area contributed by atoms with Gasteiger partial charge in [0.2, 0.25) is 5.91 Å². The van der Waals surface area contributed by atoms with Gasteiger partial charge in [-0.3, -0.25) is 9.59 Å². The molecule has 0 N–H and O–H groups in total. The third-order valence-electron chi connectivity index (χ3n) is 4.68. The van der Waals surface area contributed by atoms with Gasteiger partial charge in [0.1, 0.15) is 24.7 Å². The van der Waals surface area contributed by atoms with Crippen LogP contribution in [0.1, 0.15) is 17.3 Å². The van der Waals surface area contributed by atoms with Crippen molar-refractivity contribution in [2.24, 2.45) is 0 Å². The van der Waals surface area contributed by atoms with Gasteiger partial charge < -0.3 is 19.3 Å². The first-order valence-electron chi connectivity index (χ1n) is 9.12. The summed E-state index contributed by atoms with van der Waals surface area (Å²) in [5.41, 5.74) is 1.30. The summed E-state index contributed by atoms with van der Waals surface area (Å²) in [7, 11) is 1.60. The van der Waals surface area contributed by atoms with Gasteiger partial charge in [0.05, 0.1) is 7.11 Å². The third kappa shape index (κ3) is 4.17. The maximum absolute atomic E-state index is 13.0. The van der Waals surface area contributed by atoms with Gasteiger partial charge in [-0.25, -0.2) is 0 Å². The van der Waals surface area contributed by atoms with E-state index in [1.165, 1.54) is 0 Å². The van der Waals surface area contributed by atoms with Crippen LogP contribution in [0.15, 0.2) is 61.2 Å². The van der Waals surface area contributed by atoms with E-state index in [1.807, 2.05) is 31.2 Å². The Labute approximate surface area is 165 Å². The highest BCUT2D eigenvalue weighted by molar-refractivity contribution is 6.02. The number of piperazine rings is 1. The molecule has 0 saturated carbocycles. The Balaban J connectivity index is 1.73. The summed E-state index contributed by atoms with van der Waals surface area (Å²) in [6, 6.07) is 14.2. The Morgan fingerprint density at radius 2 is 1.96 bits per heavy atom. The molecular weight excluding hydrogens is 356 g/mol. The van der Waals surface area contributed by atoms with E-state index in [0.717, 1.165) is 11.4 Å². The van der Waals surface area contributed by atoms with E-state index in [4.69, 9.17) is 9.47 Å². The molecule has 2 aromatic rings. The van der Waals surface area contributed by atoms with Crippen molar-refractivity contribution < 1.29 is 19.1 Å². The molecule has 1 saturated heterocycles. The average molecular weight is 380 g/mol. The van der Waals surface area contributed by atoms with Crippen molar-refractivity contribution in [1.82, 2.24) is 4.90 Å². The molecule has 1 heterocycles. The van der Waals surface area contributed by atoms with Crippen LogP contribution in [0.3, 0.4) is 0 Å². The molecule has 0 spiro atoms. The number of nitrogens with zero attached hydrogens (tertiary/aromatic N) is 2.